The van der Waals surface area contributed by atoms with Crippen LogP contribution in [0.25, 0.3) is 0 Å². The van der Waals surface area contributed by atoms with E-state index in [0.29, 0.717) is 12.1 Å². The van der Waals surface area contributed by atoms with E-state index in [-0.39, 0.29) is 10.9 Å². The van der Waals surface area contributed by atoms with Gasteiger partial charge in [-0.3, -0.25) is 0 Å². The first-order chi connectivity index (χ1) is 7.96. The summed E-state index contributed by atoms with van der Waals surface area (Å²) in [5.41, 5.74) is 0.462. The van der Waals surface area contributed by atoms with E-state index < -0.39 is 15.8 Å². The van der Waals surface area contributed by atoms with Gasteiger partial charge < -0.3 is 0 Å². The minimum atomic E-state index is -3.47. The summed E-state index contributed by atoms with van der Waals surface area (Å²) in [5, 5.41) is 0. The predicted octanol–water partition coefficient (Wildman–Crippen LogP) is 2.31. The zero-order valence-corrected chi connectivity index (χ0v) is 10.8. The van der Waals surface area contributed by atoms with E-state index in [2.05, 4.69) is 0 Å². The minimum Gasteiger partial charge on any atom is -0.207 e. The Morgan fingerprint density at radius 2 is 2.06 bits per heavy atom. The lowest BCUT2D eigenvalue weighted by molar-refractivity contribution is 0.420. The zero-order chi connectivity index (χ0) is 12.6. The van der Waals surface area contributed by atoms with Crippen molar-refractivity contribution in [1.29, 1.82) is 0 Å². The molecule has 0 atom stereocenters. The summed E-state index contributed by atoms with van der Waals surface area (Å²) < 4.78 is 39.2. The van der Waals surface area contributed by atoms with E-state index in [9.17, 15) is 12.8 Å². The van der Waals surface area contributed by atoms with Crippen molar-refractivity contribution < 1.29 is 12.8 Å². The van der Waals surface area contributed by atoms with Crippen molar-refractivity contribution in [3.8, 4) is 0 Å². The van der Waals surface area contributed by atoms with Crippen LogP contribution in [-0.2, 0) is 10.0 Å². The maximum atomic E-state index is 13.0. The van der Waals surface area contributed by atoms with Crippen LogP contribution in [0.1, 0.15) is 25.3 Å². The fourth-order valence-electron chi connectivity index (χ4n) is 2.02. The molecule has 1 fully saturated rings. The van der Waals surface area contributed by atoms with E-state index in [0.717, 1.165) is 12.8 Å². The topological polar surface area (TPSA) is 37.4 Å². The standard InChI is InChI=1S/C12H16FNO2S/c1-3-14(11-5-6-11)17(15,16)12-7-4-10(13)8-9(12)2/h4,7-8,11H,3,5-6H2,1-2H3. The van der Waals surface area contributed by atoms with E-state index in [1.54, 1.807) is 6.92 Å². The highest BCUT2D eigenvalue weighted by Crippen LogP contribution is 2.32. The molecule has 0 unspecified atom stereocenters. The number of nitrogens with zero attached hydrogens (tertiary/aromatic N) is 1. The Bertz CT molecular complexity index is 523. The molecule has 2 rings (SSSR count). The first kappa shape index (κ1) is 12.5. The number of benzene rings is 1. The second-order valence-corrected chi connectivity index (χ2v) is 6.21. The van der Waals surface area contributed by atoms with Gasteiger partial charge in [0, 0.05) is 12.6 Å². The van der Waals surface area contributed by atoms with E-state index >= 15 is 0 Å². The van der Waals surface area contributed by atoms with Gasteiger partial charge in [-0.1, -0.05) is 6.92 Å². The first-order valence-electron chi connectivity index (χ1n) is 5.75. The third kappa shape index (κ3) is 2.35. The van der Waals surface area contributed by atoms with Crippen LogP contribution < -0.4 is 0 Å². The molecule has 1 saturated carbocycles. The summed E-state index contributed by atoms with van der Waals surface area (Å²) in [6.07, 6.45) is 1.85. The molecule has 5 heteroatoms. The maximum absolute atomic E-state index is 13.0. The summed E-state index contributed by atoms with van der Waals surface area (Å²) in [6, 6.07) is 3.94. The second-order valence-electron chi connectivity index (χ2n) is 4.35. The van der Waals surface area contributed by atoms with Crippen LogP contribution in [0.5, 0.6) is 0 Å². The maximum Gasteiger partial charge on any atom is 0.243 e. The van der Waals surface area contributed by atoms with Gasteiger partial charge in [-0.05, 0) is 43.5 Å². The lowest BCUT2D eigenvalue weighted by Gasteiger charge is -2.21. The Hall–Kier alpha value is -0.940. The van der Waals surface area contributed by atoms with Crippen molar-refractivity contribution >= 4 is 10.0 Å². The van der Waals surface area contributed by atoms with Gasteiger partial charge in [0.1, 0.15) is 5.82 Å². The fourth-order valence-corrected chi connectivity index (χ4v) is 3.92. The highest BCUT2D eigenvalue weighted by Gasteiger charge is 2.37. The number of hydrogen-bond donors (Lipinski definition) is 0. The van der Waals surface area contributed by atoms with Crippen LogP contribution >= 0.6 is 0 Å². The zero-order valence-electron chi connectivity index (χ0n) is 9.98. The van der Waals surface area contributed by atoms with Crippen LogP contribution in [0.2, 0.25) is 0 Å². The Labute approximate surface area is 101 Å². The summed E-state index contributed by atoms with van der Waals surface area (Å²) in [6.45, 7) is 3.91. The molecule has 0 radical (unpaired) electrons. The highest BCUT2D eigenvalue weighted by atomic mass is 32.2. The molecule has 0 aromatic heterocycles. The van der Waals surface area contributed by atoms with Gasteiger partial charge in [-0.2, -0.15) is 4.31 Å². The molecule has 1 aromatic carbocycles. The van der Waals surface area contributed by atoms with Crippen LogP contribution in [-0.4, -0.2) is 25.3 Å². The number of aryl methyl sites for hydroxylation is 1. The van der Waals surface area contributed by atoms with Gasteiger partial charge in [0.15, 0.2) is 0 Å². The summed E-state index contributed by atoms with van der Waals surface area (Å²) in [4.78, 5) is 0.215. The third-order valence-electron chi connectivity index (χ3n) is 2.99. The molecule has 1 aliphatic carbocycles. The molecule has 0 bridgehead atoms. The van der Waals surface area contributed by atoms with Crippen LogP contribution in [0.3, 0.4) is 0 Å². The quantitative estimate of drug-likeness (QED) is 0.830. The van der Waals surface area contributed by atoms with Crippen molar-refractivity contribution in [2.75, 3.05) is 6.54 Å². The monoisotopic (exact) mass is 257 g/mol. The molecular weight excluding hydrogens is 241 g/mol. The smallest absolute Gasteiger partial charge is 0.207 e. The predicted molar refractivity (Wildman–Crippen MR) is 63.7 cm³/mol. The Morgan fingerprint density at radius 1 is 1.41 bits per heavy atom. The molecule has 17 heavy (non-hydrogen) atoms. The van der Waals surface area contributed by atoms with Crippen LogP contribution in [0, 0.1) is 12.7 Å². The van der Waals surface area contributed by atoms with E-state index in [1.807, 2.05) is 6.92 Å². The summed E-state index contributed by atoms with van der Waals surface area (Å²) in [5.74, 6) is -0.407. The molecule has 1 aliphatic rings. The van der Waals surface area contributed by atoms with E-state index in [4.69, 9.17) is 0 Å². The van der Waals surface area contributed by atoms with Crippen molar-refractivity contribution in [3.63, 3.8) is 0 Å². The first-order valence-corrected chi connectivity index (χ1v) is 7.19. The Kier molecular flexibility index (Phi) is 3.23. The van der Waals surface area contributed by atoms with Crippen molar-refractivity contribution in [1.82, 2.24) is 4.31 Å². The summed E-state index contributed by atoms with van der Waals surface area (Å²) in [7, 11) is -3.47. The molecule has 1 aromatic rings. The Balaban J connectivity index is 2.43. The van der Waals surface area contributed by atoms with Gasteiger partial charge in [0.05, 0.1) is 4.90 Å². The lowest BCUT2D eigenvalue weighted by Crippen LogP contribution is -2.33. The summed E-state index contributed by atoms with van der Waals surface area (Å²) >= 11 is 0. The second kappa shape index (κ2) is 4.38. The molecule has 0 heterocycles. The van der Waals surface area contributed by atoms with Gasteiger partial charge in [0.2, 0.25) is 10.0 Å². The SMILES string of the molecule is CCN(C1CC1)S(=O)(=O)c1ccc(F)cc1C. The van der Waals surface area contributed by atoms with Crippen LogP contribution in [0.4, 0.5) is 4.39 Å². The molecule has 94 valence electrons. The third-order valence-corrected chi connectivity index (χ3v) is 5.18. The largest absolute Gasteiger partial charge is 0.243 e. The van der Waals surface area contributed by atoms with Gasteiger partial charge in [-0.25, -0.2) is 12.8 Å². The van der Waals surface area contributed by atoms with Crippen LogP contribution in [0.15, 0.2) is 23.1 Å². The van der Waals surface area contributed by atoms with Crippen molar-refractivity contribution in [3.05, 3.63) is 29.6 Å². The molecule has 0 aliphatic heterocycles. The van der Waals surface area contributed by atoms with Gasteiger partial charge in [-0.15, -0.1) is 0 Å². The van der Waals surface area contributed by atoms with E-state index in [1.165, 1.54) is 22.5 Å². The average molecular weight is 257 g/mol. The molecule has 3 nitrogen and oxygen atoms in total. The highest BCUT2D eigenvalue weighted by molar-refractivity contribution is 7.89. The van der Waals surface area contributed by atoms with Gasteiger partial charge in [0.25, 0.3) is 0 Å². The molecule has 0 spiro atoms. The molecule has 0 N–H and O–H groups in total. The minimum absolute atomic E-state index is 0.134. The van der Waals surface area contributed by atoms with Gasteiger partial charge >= 0.3 is 0 Å². The number of halogens is 1. The lowest BCUT2D eigenvalue weighted by atomic mass is 10.2. The normalized spacial score (nSPS) is 16.5. The molecule has 0 amide bonds. The average Bonchev–Trinajstić information content (AvgIpc) is 3.01. The molecule has 0 saturated heterocycles. The van der Waals surface area contributed by atoms with Crippen molar-refractivity contribution in [2.45, 2.75) is 37.6 Å². The number of hydrogen-bond acceptors (Lipinski definition) is 2. The Morgan fingerprint density at radius 3 is 2.53 bits per heavy atom. The fraction of sp³-hybridized carbons (Fsp3) is 0.500. The molecular formula is C12H16FNO2S. The number of rotatable bonds is 4. The number of sulfonamides is 1. The van der Waals surface area contributed by atoms with Crippen molar-refractivity contribution in [2.24, 2.45) is 0 Å².